The molecule has 6 heterocycles. The van der Waals surface area contributed by atoms with Crippen LogP contribution in [0.3, 0.4) is 0 Å². The average Bonchev–Trinajstić information content (AvgIpc) is 3.41. The van der Waals surface area contributed by atoms with Crippen molar-refractivity contribution < 1.29 is 18.9 Å². The Kier molecular flexibility index (Phi) is 21.3. The number of anilines is 2. The first-order valence-corrected chi connectivity index (χ1v) is 27.0. The highest BCUT2D eigenvalue weighted by molar-refractivity contribution is 6.33. The average molecular weight is 1020 g/mol. The minimum Gasteiger partial charge on any atom is -0.383 e. The zero-order valence-corrected chi connectivity index (χ0v) is 44.4. The molecule has 2 atom stereocenters. The zero-order valence-electron chi connectivity index (χ0n) is 42.9. The van der Waals surface area contributed by atoms with Gasteiger partial charge < -0.3 is 40.2 Å². The second kappa shape index (κ2) is 27.7. The molecule has 2 aliphatic heterocycles. The highest BCUT2D eigenvalue weighted by Gasteiger charge is 2.34. The highest BCUT2D eigenvalue weighted by atomic mass is 35.5. The summed E-state index contributed by atoms with van der Waals surface area (Å²) in [5.41, 5.74) is 4.72. The first-order chi connectivity index (χ1) is 35.0. The number of nitrogens with one attached hydrogen (secondary N) is 4. The summed E-state index contributed by atoms with van der Waals surface area (Å²) in [7, 11) is 3.50. The summed E-state index contributed by atoms with van der Waals surface area (Å²) >= 11 is 13.1. The van der Waals surface area contributed by atoms with Gasteiger partial charge in [0.15, 0.2) is 0 Å². The molecule has 4 N–H and O–H groups in total. The fraction of sp³-hybridized carbons (Fsp3) is 0.607. The molecular formula is C56H76Cl2N10O4. The van der Waals surface area contributed by atoms with Crippen LogP contribution in [-0.4, -0.2) is 111 Å². The molecule has 0 spiro atoms. The number of methoxy groups -OCH3 is 2. The van der Waals surface area contributed by atoms with Crippen molar-refractivity contribution in [3.05, 3.63) is 82.4 Å². The van der Waals surface area contributed by atoms with Gasteiger partial charge in [0, 0.05) is 113 Å². The second-order valence-corrected chi connectivity index (χ2v) is 21.5. The van der Waals surface area contributed by atoms with Crippen molar-refractivity contribution in [1.82, 2.24) is 30.6 Å². The van der Waals surface area contributed by atoms with Gasteiger partial charge in [-0.2, -0.15) is 10.5 Å². The fourth-order valence-corrected chi connectivity index (χ4v) is 11.1. The van der Waals surface area contributed by atoms with Gasteiger partial charge in [-0.3, -0.25) is 9.97 Å². The van der Waals surface area contributed by atoms with Gasteiger partial charge in [0.1, 0.15) is 11.6 Å². The van der Waals surface area contributed by atoms with Crippen molar-refractivity contribution in [2.45, 2.75) is 128 Å². The Hall–Kier alpha value is -4.48. The molecule has 72 heavy (non-hydrogen) atoms. The Morgan fingerprint density at radius 1 is 0.625 bits per heavy atom. The van der Waals surface area contributed by atoms with Crippen molar-refractivity contribution in [2.24, 2.45) is 22.7 Å². The van der Waals surface area contributed by atoms with Crippen LogP contribution in [0.5, 0.6) is 0 Å². The third-order valence-corrected chi connectivity index (χ3v) is 15.6. The van der Waals surface area contributed by atoms with Crippen molar-refractivity contribution in [3.8, 4) is 34.7 Å². The maximum absolute atomic E-state index is 9.73. The van der Waals surface area contributed by atoms with Crippen LogP contribution in [-0.2, 0) is 31.8 Å². The third-order valence-electron chi connectivity index (χ3n) is 15.0. The predicted octanol–water partition coefficient (Wildman–Crippen LogP) is 10.5. The Morgan fingerprint density at radius 3 is 1.38 bits per heavy atom. The first kappa shape index (κ1) is 55.3. The van der Waals surface area contributed by atoms with E-state index in [4.69, 9.17) is 52.1 Å². The molecular weight excluding hydrogens is 948 g/mol. The molecule has 4 aliphatic rings. The topological polar surface area (TPSA) is 184 Å². The predicted molar refractivity (Wildman–Crippen MR) is 286 cm³/mol. The molecule has 8 rings (SSSR count). The molecule has 388 valence electrons. The van der Waals surface area contributed by atoms with Gasteiger partial charge in [0.05, 0.1) is 57.6 Å². The van der Waals surface area contributed by atoms with Crippen LogP contribution >= 0.6 is 23.2 Å². The van der Waals surface area contributed by atoms with Crippen LogP contribution in [0.15, 0.2) is 60.9 Å². The second-order valence-electron chi connectivity index (χ2n) is 20.7. The zero-order chi connectivity index (χ0) is 50.8. The lowest BCUT2D eigenvalue weighted by atomic mass is 9.82. The summed E-state index contributed by atoms with van der Waals surface area (Å²) in [6.07, 6.45) is 17.9. The number of hydrogen-bond donors (Lipinski definition) is 4. The van der Waals surface area contributed by atoms with Crippen molar-refractivity contribution >= 4 is 34.8 Å². The first-order valence-electron chi connectivity index (χ1n) is 26.2. The van der Waals surface area contributed by atoms with Gasteiger partial charge in [-0.05, 0) is 152 Å². The van der Waals surface area contributed by atoms with Crippen LogP contribution in [0.2, 0.25) is 10.0 Å². The molecule has 14 nitrogen and oxygen atoms in total. The Labute approximate surface area is 438 Å². The van der Waals surface area contributed by atoms with E-state index in [1.165, 1.54) is 51.4 Å². The van der Waals surface area contributed by atoms with Crippen LogP contribution in [0.25, 0.3) is 22.5 Å². The lowest BCUT2D eigenvalue weighted by Crippen LogP contribution is -2.41. The number of ether oxygens (including phenoxy) is 4. The molecule has 16 heteroatoms. The number of aromatic nitrogens is 4. The van der Waals surface area contributed by atoms with Gasteiger partial charge in [-0.15, -0.1) is 0 Å². The van der Waals surface area contributed by atoms with E-state index in [9.17, 15) is 10.5 Å². The molecule has 2 aliphatic carbocycles. The third kappa shape index (κ3) is 16.3. The fourth-order valence-electron chi connectivity index (χ4n) is 10.7. The summed E-state index contributed by atoms with van der Waals surface area (Å²) in [4.78, 5) is 18.9. The summed E-state index contributed by atoms with van der Waals surface area (Å²) < 4.78 is 21.4. The molecule has 2 saturated heterocycles. The summed E-state index contributed by atoms with van der Waals surface area (Å²) in [6.45, 7) is 9.48. The van der Waals surface area contributed by atoms with Crippen LogP contribution < -0.4 is 21.3 Å². The van der Waals surface area contributed by atoms with E-state index < -0.39 is 10.8 Å². The molecule has 0 amide bonds. The molecule has 4 aromatic heterocycles. The SMILES string of the molecule is COC[C@@H](C)NC1CCC(Cc2cc(-c3cccc(NCC4(C#N)CCOCC4)n3)c(Cl)cn2)CC1.COC[C@H](C)NC1CCC(Cc2cc(-c3cccc(NCC4(C#N)CCOCC4)n3)c(Cl)cn2)CC1. The lowest BCUT2D eigenvalue weighted by Gasteiger charge is -2.31. The van der Waals surface area contributed by atoms with E-state index in [-0.39, 0.29) is 0 Å². The molecule has 2 saturated carbocycles. The molecule has 0 bridgehead atoms. The van der Waals surface area contributed by atoms with Gasteiger partial charge in [-0.1, -0.05) is 35.3 Å². The van der Waals surface area contributed by atoms with E-state index in [2.05, 4.69) is 69.4 Å². The largest absolute Gasteiger partial charge is 0.383 e. The summed E-state index contributed by atoms with van der Waals surface area (Å²) in [6, 6.07) is 22.9. The maximum Gasteiger partial charge on any atom is 0.126 e. The minimum atomic E-state index is -0.409. The number of halogens is 2. The lowest BCUT2D eigenvalue weighted by molar-refractivity contribution is 0.0454. The Balaban J connectivity index is 0.000000211. The van der Waals surface area contributed by atoms with Crippen molar-refractivity contribution in [2.75, 3.05) is 77.6 Å². The smallest absolute Gasteiger partial charge is 0.126 e. The van der Waals surface area contributed by atoms with E-state index in [1.54, 1.807) is 26.6 Å². The summed E-state index contributed by atoms with van der Waals surface area (Å²) in [5, 5.41) is 34.8. The number of nitrogens with zero attached hydrogens (tertiary/aromatic N) is 6. The Bertz CT molecular complexity index is 2220. The monoisotopic (exact) mass is 1020 g/mol. The number of nitriles is 2. The normalized spacial score (nSPS) is 22.5. The molecule has 4 fully saturated rings. The van der Waals surface area contributed by atoms with Gasteiger partial charge in [0.25, 0.3) is 0 Å². The van der Waals surface area contributed by atoms with Crippen molar-refractivity contribution in [3.63, 3.8) is 0 Å². The van der Waals surface area contributed by atoms with Gasteiger partial charge in [0.2, 0.25) is 0 Å². The molecule has 4 aromatic rings. The van der Waals surface area contributed by atoms with Gasteiger partial charge in [-0.25, -0.2) is 9.97 Å². The van der Waals surface area contributed by atoms with E-state index in [1.807, 2.05) is 36.4 Å². The highest BCUT2D eigenvalue weighted by Crippen LogP contribution is 2.35. The standard InChI is InChI=1S/2C28H38ClN5O2/c2*1-20(17-35-2)33-22-8-6-21(7-9-22)14-23-15-24(25(29)16-31-23)26-4-3-5-27(34-26)32-19-28(18-30)10-12-36-13-11-28/h2*3-5,15-16,20-22,33H,6-14,17,19H2,1-2H3,(H,32,34)/t2*20-,21?,22?/m10/s1. The molecule has 0 radical (unpaired) electrons. The van der Waals surface area contributed by atoms with E-state index in [0.717, 1.165) is 97.3 Å². The van der Waals surface area contributed by atoms with E-state index in [0.29, 0.717) is 85.6 Å². The molecule has 0 aromatic carbocycles. The van der Waals surface area contributed by atoms with Crippen LogP contribution in [0, 0.1) is 45.3 Å². The number of hydrogen-bond acceptors (Lipinski definition) is 14. The van der Waals surface area contributed by atoms with Crippen molar-refractivity contribution in [1.29, 1.82) is 10.5 Å². The quantitative estimate of drug-likeness (QED) is 0.0656. The van der Waals surface area contributed by atoms with E-state index >= 15 is 0 Å². The number of pyridine rings is 4. The van der Waals surface area contributed by atoms with Crippen LogP contribution in [0.4, 0.5) is 11.6 Å². The van der Waals surface area contributed by atoms with Gasteiger partial charge >= 0.3 is 0 Å². The molecule has 0 unspecified atom stereocenters. The number of rotatable bonds is 20. The minimum absolute atomic E-state index is 0.386. The Morgan fingerprint density at radius 2 is 1.01 bits per heavy atom. The maximum atomic E-state index is 9.73. The van der Waals surface area contributed by atoms with Crippen LogP contribution in [0.1, 0.15) is 102 Å². The summed E-state index contributed by atoms with van der Waals surface area (Å²) in [5.74, 6) is 2.75.